The Morgan fingerprint density at radius 2 is 1.58 bits per heavy atom. The lowest BCUT2D eigenvalue weighted by molar-refractivity contribution is -0.144. The highest BCUT2D eigenvalue weighted by atomic mass is 35.5. The van der Waals surface area contributed by atoms with Crippen LogP contribution in [0.3, 0.4) is 0 Å². The van der Waals surface area contributed by atoms with Gasteiger partial charge in [0.2, 0.25) is 17.7 Å². The van der Waals surface area contributed by atoms with Gasteiger partial charge in [-0.3, -0.25) is 24.5 Å². The zero-order valence-corrected chi connectivity index (χ0v) is 45.2. The van der Waals surface area contributed by atoms with E-state index in [0.29, 0.717) is 52.9 Å². The van der Waals surface area contributed by atoms with Crippen molar-refractivity contribution in [3.63, 3.8) is 0 Å². The van der Waals surface area contributed by atoms with Gasteiger partial charge in [-0.1, -0.05) is 45.0 Å². The molecule has 3 heterocycles. The van der Waals surface area contributed by atoms with E-state index in [4.69, 9.17) is 23.7 Å². The van der Waals surface area contributed by atoms with Crippen molar-refractivity contribution in [3.8, 4) is 5.75 Å². The molecule has 1 saturated heterocycles. The van der Waals surface area contributed by atoms with E-state index < -0.39 is 50.0 Å². The van der Waals surface area contributed by atoms with Crippen LogP contribution in [0.2, 0.25) is 0 Å². The number of pyridine rings is 1. The van der Waals surface area contributed by atoms with E-state index >= 15 is 0 Å². The van der Waals surface area contributed by atoms with E-state index in [0.717, 1.165) is 24.8 Å². The Morgan fingerprint density at radius 3 is 2.27 bits per heavy atom. The molecule has 7 rings (SSSR count). The van der Waals surface area contributed by atoms with E-state index in [1.807, 2.05) is 39.0 Å². The average Bonchev–Trinajstić information content (AvgIpc) is 3.97. The lowest BCUT2D eigenvalue weighted by Gasteiger charge is -2.36. The number of hydrogen-bond acceptors (Lipinski definition) is 14. The van der Waals surface area contributed by atoms with Crippen LogP contribution < -0.4 is 26.0 Å². The molecule has 0 saturated carbocycles. The highest BCUT2D eigenvalue weighted by Crippen LogP contribution is 2.38. The van der Waals surface area contributed by atoms with Gasteiger partial charge in [0.25, 0.3) is 0 Å². The third-order valence-corrected chi connectivity index (χ3v) is 15.8. The van der Waals surface area contributed by atoms with Crippen LogP contribution in [-0.4, -0.2) is 142 Å². The molecule has 0 bridgehead atoms. The van der Waals surface area contributed by atoms with Gasteiger partial charge in [0, 0.05) is 36.0 Å². The average molecular weight is 1070 g/mol. The molecule has 0 unspecified atom stereocenters. The number of aromatic nitrogens is 3. The summed E-state index contributed by atoms with van der Waals surface area (Å²) in [6.45, 7) is 14.3. The third kappa shape index (κ3) is 14.1. The monoisotopic (exact) mass is 1070 g/mol. The van der Waals surface area contributed by atoms with Crippen molar-refractivity contribution in [2.45, 2.75) is 114 Å². The van der Waals surface area contributed by atoms with Crippen LogP contribution in [0.1, 0.15) is 84.9 Å². The molecule has 21 heteroatoms. The van der Waals surface area contributed by atoms with E-state index in [1.54, 1.807) is 64.0 Å². The quantitative estimate of drug-likeness (QED) is 0.0428. The number of anilines is 2. The minimum absolute atomic E-state index is 0. The number of nitrogens with zero attached hydrogens (tertiary/aromatic N) is 3. The number of halogens is 2. The molecule has 1 fully saturated rings. The number of aromatic amines is 1. The van der Waals surface area contributed by atoms with Crippen molar-refractivity contribution in [3.05, 3.63) is 83.8 Å². The molecular weight excluding hydrogens is 995 g/mol. The minimum atomic E-state index is -3.90. The first kappa shape index (κ1) is 57.8. The molecule has 18 nitrogen and oxygen atoms in total. The summed E-state index contributed by atoms with van der Waals surface area (Å²) in [7, 11) is -2.22. The number of hydrogen-bond donors (Lipinski definition) is 5. The molecule has 3 aromatic carbocycles. The number of nitrogens with one attached hydrogen (secondary N) is 5. The SMILES string of the molecule is CN[C@@H](C)C(=O)N[C@H](C(=O)N1C[C@@H](OCCOCCOCCOCCOc2cc3nccc(Nc4n[nH]c5ccc(F)cc45)c3cc2S(=O)(=O)C(C)(C)C)C[C@H]1C(=O)N[C@@H]1CCCc2ccccc21)C(C)(C)C.Cl. The molecule has 5 aromatic rings. The Kier molecular flexibility index (Phi) is 19.8. The standard InChI is InChI=1S/C53H71FN8O10S.ClH/c1-33(55-8)49(63)59-47(52(2,3)4)51(65)62-32-36(29-44(62)50(64)58-40-15-11-13-34-12-9-10-14-37(34)40)71-26-24-69-22-20-68-21-23-70-25-27-72-45-31-43-38(30-46(45)73(66,67)53(5,6)7)41(18-19-56-43)57-48-39-28-35(54)16-17-42(39)60-61-48;/h9-10,12,14,16-19,28,30-31,33,36,40,44,47,55H,11,13,15,20-27,29,32H2,1-8H3,(H,58,64)(H,59,63)(H2,56,57,60,61);1H/t33-,36-,40+,44-,47+;/m0./s1. The van der Waals surface area contributed by atoms with E-state index in [9.17, 15) is 27.2 Å². The summed E-state index contributed by atoms with van der Waals surface area (Å²) in [4.78, 5) is 47.6. The van der Waals surface area contributed by atoms with Gasteiger partial charge in [-0.05, 0) is 101 Å². The molecule has 2 aliphatic rings. The van der Waals surface area contributed by atoms with Crippen LogP contribution in [0.5, 0.6) is 5.75 Å². The number of fused-ring (bicyclic) bond motifs is 3. The van der Waals surface area contributed by atoms with Crippen molar-refractivity contribution in [2.24, 2.45) is 5.41 Å². The Hall–Kier alpha value is -5.48. The molecule has 74 heavy (non-hydrogen) atoms. The number of rotatable bonds is 23. The van der Waals surface area contributed by atoms with Crippen LogP contribution in [0, 0.1) is 11.2 Å². The summed E-state index contributed by atoms with van der Waals surface area (Å²) in [5.74, 6) is -0.797. The molecule has 3 amide bonds. The third-order valence-electron chi connectivity index (χ3n) is 13.3. The second-order valence-corrected chi connectivity index (χ2v) is 23.2. The number of likely N-dealkylation sites (N-methyl/N-ethyl adjacent to an activating group) is 1. The normalized spacial score (nSPS) is 17.9. The molecule has 1 aliphatic heterocycles. The Balaban J connectivity index is 0.00000892. The van der Waals surface area contributed by atoms with Gasteiger partial charge in [-0.15, -0.1) is 12.4 Å². The largest absolute Gasteiger partial charge is 0.490 e. The van der Waals surface area contributed by atoms with Crippen molar-refractivity contribution in [1.82, 2.24) is 36.0 Å². The van der Waals surface area contributed by atoms with Crippen molar-refractivity contribution < 1.29 is 50.9 Å². The number of aryl methyl sites for hydroxylation is 1. The number of carbonyl (C=O) groups excluding carboxylic acids is 3. The maximum atomic E-state index is 14.4. The van der Waals surface area contributed by atoms with Gasteiger partial charge in [0.1, 0.15) is 35.2 Å². The first-order valence-electron chi connectivity index (χ1n) is 25.0. The molecule has 5 atom stereocenters. The lowest BCUT2D eigenvalue weighted by Crippen LogP contribution is -2.59. The first-order chi connectivity index (χ1) is 34.8. The smallest absolute Gasteiger partial charge is 0.246 e. The van der Waals surface area contributed by atoms with Crippen LogP contribution >= 0.6 is 12.4 Å². The Morgan fingerprint density at radius 1 is 0.892 bits per heavy atom. The number of H-pyrrole nitrogens is 1. The van der Waals surface area contributed by atoms with Gasteiger partial charge < -0.3 is 49.9 Å². The zero-order chi connectivity index (χ0) is 52.5. The van der Waals surface area contributed by atoms with Crippen LogP contribution in [-0.2, 0) is 49.6 Å². The summed E-state index contributed by atoms with van der Waals surface area (Å²) < 4.78 is 70.2. The molecule has 1 aliphatic carbocycles. The lowest BCUT2D eigenvalue weighted by atomic mass is 9.85. The summed E-state index contributed by atoms with van der Waals surface area (Å²) in [5, 5.41) is 20.5. The summed E-state index contributed by atoms with van der Waals surface area (Å²) >= 11 is 0. The number of sulfone groups is 1. The Labute approximate surface area is 439 Å². The molecule has 5 N–H and O–H groups in total. The molecular formula is C53H72ClFN8O10S. The fraction of sp³-hybridized carbons (Fsp3) is 0.528. The van der Waals surface area contributed by atoms with E-state index in [-0.39, 0.29) is 93.0 Å². The number of carbonyl (C=O) groups is 3. The molecule has 0 spiro atoms. The molecule has 2 aromatic heterocycles. The Bertz CT molecular complexity index is 2840. The van der Waals surface area contributed by atoms with Gasteiger partial charge in [0.05, 0.1) is 85.9 Å². The fourth-order valence-corrected chi connectivity index (χ4v) is 10.3. The van der Waals surface area contributed by atoms with Gasteiger partial charge in [-0.25, -0.2) is 12.8 Å². The summed E-state index contributed by atoms with van der Waals surface area (Å²) in [6.07, 6.45) is 4.14. The van der Waals surface area contributed by atoms with Crippen molar-refractivity contribution >= 4 is 73.3 Å². The van der Waals surface area contributed by atoms with E-state index in [1.165, 1.54) is 23.8 Å². The fourth-order valence-electron chi connectivity index (χ4n) is 8.95. The van der Waals surface area contributed by atoms with Gasteiger partial charge in [0.15, 0.2) is 15.7 Å². The number of benzene rings is 3. The van der Waals surface area contributed by atoms with Crippen molar-refractivity contribution in [1.29, 1.82) is 0 Å². The van der Waals surface area contributed by atoms with Gasteiger partial charge in [-0.2, -0.15) is 5.10 Å². The predicted molar refractivity (Wildman–Crippen MR) is 283 cm³/mol. The zero-order valence-electron chi connectivity index (χ0n) is 43.5. The highest BCUT2D eigenvalue weighted by molar-refractivity contribution is 7.92. The maximum absolute atomic E-state index is 14.4. The van der Waals surface area contributed by atoms with Crippen LogP contribution in [0.25, 0.3) is 21.8 Å². The van der Waals surface area contributed by atoms with Gasteiger partial charge >= 0.3 is 0 Å². The van der Waals surface area contributed by atoms with E-state index in [2.05, 4.69) is 42.5 Å². The maximum Gasteiger partial charge on any atom is 0.246 e. The molecule has 0 radical (unpaired) electrons. The van der Waals surface area contributed by atoms with Crippen LogP contribution in [0.4, 0.5) is 15.9 Å². The summed E-state index contributed by atoms with van der Waals surface area (Å²) in [6, 6.07) is 14.9. The highest BCUT2D eigenvalue weighted by Gasteiger charge is 2.46. The predicted octanol–water partition coefficient (Wildman–Crippen LogP) is 6.74. The van der Waals surface area contributed by atoms with Crippen molar-refractivity contribution in [2.75, 3.05) is 71.8 Å². The second kappa shape index (κ2) is 25.4. The second-order valence-electron chi connectivity index (χ2n) is 20.6. The minimum Gasteiger partial charge on any atom is -0.490 e. The summed E-state index contributed by atoms with van der Waals surface area (Å²) in [5.41, 5.74) is 3.30. The number of ether oxygens (including phenoxy) is 5. The number of amides is 3. The first-order valence-corrected chi connectivity index (χ1v) is 26.5. The van der Waals surface area contributed by atoms with Crippen LogP contribution in [0.15, 0.2) is 71.8 Å². The topological polar surface area (TPSA) is 224 Å². The number of likely N-dealkylation sites (tertiary alicyclic amines) is 1. The molecule has 404 valence electrons.